The number of anilines is 1. The molecule has 0 atom stereocenters. The number of pyridine rings is 1. The van der Waals surface area contributed by atoms with Gasteiger partial charge in [-0.3, -0.25) is 9.78 Å². The molecule has 25 heavy (non-hydrogen) atoms. The first-order valence-electron chi connectivity index (χ1n) is 8.15. The molecule has 1 amide bonds. The van der Waals surface area contributed by atoms with Crippen LogP contribution < -0.4 is 5.32 Å². The SMILES string of the molecule is CCS(=O)(=O)N1CCC(C(=O)Nc2nc(-c3ccccn3)cs2)CC1. The zero-order valence-electron chi connectivity index (χ0n) is 13.9. The van der Waals surface area contributed by atoms with Gasteiger partial charge in [-0.05, 0) is 31.9 Å². The monoisotopic (exact) mass is 380 g/mol. The van der Waals surface area contributed by atoms with Gasteiger partial charge < -0.3 is 5.32 Å². The van der Waals surface area contributed by atoms with Crippen LogP contribution in [-0.4, -0.2) is 47.4 Å². The van der Waals surface area contributed by atoms with E-state index in [1.54, 1.807) is 13.1 Å². The first kappa shape index (κ1) is 18.0. The molecule has 0 radical (unpaired) electrons. The average Bonchev–Trinajstić information content (AvgIpc) is 3.11. The Morgan fingerprint density at radius 3 is 2.72 bits per heavy atom. The Hall–Kier alpha value is -1.84. The van der Waals surface area contributed by atoms with Gasteiger partial charge in [0.1, 0.15) is 5.69 Å². The van der Waals surface area contributed by atoms with E-state index in [4.69, 9.17) is 0 Å². The van der Waals surface area contributed by atoms with Crippen molar-refractivity contribution in [2.75, 3.05) is 24.2 Å². The van der Waals surface area contributed by atoms with Crippen LogP contribution >= 0.6 is 11.3 Å². The summed E-state index contributed by atoms with van der Waals surface area (Å²) in [5, 5.41) is 5.23. The number of nitrogens with zero attached hydrogens (tertiary/aromatic N) is 3. The maximum Gasteiger partial charge on any atom is 0.229 e. The van der Waals surface area contributed by atoms with Gasteiger partial charge in [0.15, 0.2) is 5.13 Å². The Morgan fingerprint density at radius 1 is 1.32 bits per heavy atom. The first-order chi connectivity index (χ1) is 12.0. The third kappa shape index (κ3) is 4.23. The van der Waals surface area contributed by atoms with E-state index in [0.717, 1.165) is 11.4 Å². The Kier molecular flexibility index (Phi) is 5.45. The summed E-state index contributed by atoms with van der Waals surface area (Å²) in [5.74, 6) is -0.194. The van der Waals surface area contributed by atoms with E-state index in [2.05, 4.69) is 15.3 Å². The second kappa shape index (κ2) is 7.59. The van der Waals surface area contributed by atoms with Crippen LogP contribution in [0.5, 0.6) is 0 Å². The van der Waals surface area contributed by atoms with Crippen LogP contribution in [0, 0.1) is 5.92 Å². The number of rotatable bonds is 5. The van der Waals surface area contributed by atoms with Gasteiger partial charge >= 0.3 is 0 Å². The molecule has 1 aliphatic rings. The van der Waals surface area contributed by atoms with Gasteiger partial charge in [-0.1, -0.05) is 6.07 Å². The van der Waals surface area contributed by atoms with Gasteiger partial charge in [0.05, 0.1) is 11.4 Å². The van der Waals surface area contributed by atoms with Crippen molar-refractivity contribution in [2.24, 2.45) is 5.92 Å². The number of aromatic nitrogens is 2. The molecule has 9 heteroatoms. The smallest absolute Gasteiger partial charge is 0.229 e. The Balaban J connectivity index is 1.58. The largest absolute Gasteiger partial charge is 0.302 e. The van der Waals surface area contributed by atoms with Crippen LogP contribution in [0.1, 0.15) is 19.8 Å². The van der Waals surface area contributed by atoms with E-state index in [9.17, 15) is 13.2 Å². The number of carbonyl (C=O) groups is 1. The lowest BCUT2D eigenvalue weighted by atomic mass is 9.97. The fourth-order valence-electron chi connectivity index (χ4n) is 2.75. The van der Waals surface area contributed by atoms with Crippen molar-refractivity contribution < 1.29 is 13.2 Å². The van der Waals surface area contributed by atoms with Gasteiger partial charge in [0.2, 0.25) is 15.9 Å². The highest BCUT2D eigenvalue weighted by molar-refractivity contribution is 7.89. The van der Waals surface area contributed by atoms with Crippen molar-refractivity contribution in [3.05, 3.63) is 29.8 Å². The standard InChI is InChI=1S/C16H20N4O3S2/c1-2-25(22,23)20-9-6-12(7-10-20)15(21)19-16-18-14(11-24-16)13-5-3-4-8-17-13/h3-5,8,11-12H,2,6-7,9-10H2,1H3,(H,18,19,21). The van der Waals surface area contributed by atoms with Gasteiger partial charge in [0.25, 0.3) is 0 Å². The van der Waals surface area contributed by atoms with Crippen molar-refractivity contribution in [2.45, 2.75) is 19.8 Å². The van der Waals surface area contributed by atoms with Crippen LogP contribution in [0.3, 0.4) is 0 Å². The topological polar surface area (TPSA) is 92.3 Å². The van der Waals surface area contributed by atoms with Crippen LogP contribution in [0.15, 0.2) is 29.8 Å². The molecule has 3 rings (SSSR count). The lowest BCUT2D eigenvalue weighted by Gasteiger charge is -2.30. The van der Waals surface area contributed by atoms with E-state index in [-0.39, 0.29) is 17.6 Å². The van der Waals surface area contributed by atoms with Crippen molar-refractivity contribution in [1.82, 2.24) is 14.3 Å². The highest BCUT2D eigenvalue weighted by Crippen LogP contribution is 2.25. The summed E-state index contributed by atoms with van der Waals surface area (Å²) in [6, 6.07) is 5.59. The first-order valence-corrected chi connectivity index (χ1v) is 10.6. The summed E-state index contributed by atoms with van der Waals surface area (Å²) in [5.41, 5.74) is 1.49. The predicted molar refractivity (Wildman–Crippen MR) is 97.7 cm³/mol. The van der Waals surface area contributed by atoms with E-state index >= 15 is 0 Å². The summed E-state index contributed by atoms with van der Waals surface area (Å²) in [6.07, 6.45) is 2.76. The second-order valence-electron chi connectivity index (χ2n) is 5.82. The highest BCUT2D eigenvalue weighted by atomic mass is 32.2. The Labute approximate surface area is 151 Å². The number of piperidine rings is 1. The molecular weight excluding hydrogens is 360 g/mol. The fraction of sp³-hybridized carbons (Fsp3) is 0.438. The molecule has 7 nitrogen and oxygen atoms in total. The van der Waals surface area contributed by atoms with E-state index in [1.807, 2.05) is 23.6 Å². The number of sulfonamides is 1. The molecule has 0 spiro atoms. The molecule has 1 saturated heterocycles. The number of carbonyl (C=O) groups excluding carboxylic acids is 1. The molecule has 3 heterocycles. The zero-order chi connectivity index (χ0) is 17.9. The van der Waals surface area contributed by atoms with Gasteiger partial charge in [-0.25, -0.2) is 17.7 Å². The molecule has 1 N–H and O–H groups in total. The van der Waals surface area contributed by atoms with Crippen molar-refractivity contribution >= 4 is 32.4 Å². The minimum absolute atomic E-state index is 0.0965. The van der Waals surface area contributed by atoms with E-state index in [0.29, 0.717) is 31.1 Å². The molecule has 0 aliphatic carbocycles. The molecule has 1 aliphatic heterocycles. The van der Waals surface area contributed by atoms with Crippen molar-refractivity contribution in [3.8, 4) is 11.4 Å². The summed E-state index contributed by atoms with van der Waals surface area (Å²) in [4.78, 5) is 21.1. The third-order valence-corrected chi connectivity index (χ3v) is 6.88. The van der Waals surface area contributed by atoms with E-state index < -0.39 is 10.0 Å². The molecule has 2 aromatic rings. The Bertz CT molecular complexity index is 828. The van der Waals surface area contributed by atoms with Crippen LogP contribution in [0.2, 0.25) is 0 Å². The molecule has 0 saturated carbocycles. The summed E-state index contributed by atoms with van der Waals surface area (Å²) < 4.78 is 25.2. The lowest BCUT2D eigenvalue weighted by molar-refractivity contribution is -0.120. The van der Waals surface area contributed by atoms with E-state index in [1.165, 1.54) is 15.6 Å². The molecule has 134 valence electrons. The van der Waals surface area contributed by atoms with Crippen LogP contribution in [0.25, 0.3) is 11.4 Å². The lowest BCUT2D eigenvalue weighted by Crippen LogP contribution is -2.42. The minimum Gasteiger partial charge on any atom is -0.302 e. The average molecular weight is 380 g/mol. The summed E-state index contributed by atoms with van der Waals surface area (Å²) in [7, 11) is -3.17. The maximum atomic E-state index is 12.4. The quantitative estimate of drug-likeness (QED) is 0.858. The summed E-state index contributed by atoms with van der Waals surface area (Å²) >= 11 is 1.36. The van der Waals surface area contributed by atoms with Crippen molar-refractivity contribution in [3.63, 3.8) is 0 Å². The predicted octanol–water partition coefficient (Wildman–Crippen LogP) is 2.21. The number of amides is 1. The molecule has 0 aromatic carbocycles. The Morgan fingerprint density at radius 2 is 2.08 bits per heavy atom. The molecule has 0 bridgehead atoms. The van der Waals surface area contributed by atoms with Gasteiger partial charge in [0, 0.05) is 30.6 Å². The fourth-order valence-corrected chi connectivity index (χ4v) is 4.59. The molecule has 1 fully saturated rings. The van der Waals surface area contributed by atoms with Gasteiger partial charge in [-0.15, -0.1) is 11.3 Å². The number of hydrogen-bond acceptors (Lipinski definition) is 6. The molecular formula is C16H20N4O3S2. The third-order valence-electron chi connectivity index (χ3n) is 4.24. The second-order valence-corrected chi connectivity index (χ2v) is 8.93. The van der Waals surface area contributed by atoms with Crippen molar-refractivity contribution in [1.29, 1.82) is 0 Å². The summed E-state index contributed by atoms with van der Waals surface area (Å²) in [6.45, 7) is 2.42. The number of nitrogens with one attached hydrogen (secondary N) is 1. The molecule has 2 aromatic heterocycles. The minimum atomic E-state index is -3.17. The normalized spacial score (nSPS) is 16.7. The van der Waals surface area contributed by atoms with Crippen LogP contribution in [-0.2, 0) is 14.8 Å². The number of thiazole rings is 1. The van der Waals surface area contributed by atoms with Gasteiger partial charge in [-0.2, -0.15) is 0 Å². The zero-order valence-corrected chi connectivity index (χ0v) is 15.5. The molecule has 0 unspecified atom stereocenters. The van der Waals surface area contributed by atoms with Crippen LogP contribution in [0.4, 0.5) is 5.13 Å². The highest BCUT2D eigenvalue weighted by Gasteiger charge is 2.30. The number of hydrogen-bond donors (Lipinski definition) is 1. The maximum absolute atomic E-state index is 12.4.